The first-order chi connectivity index (χ1) is 10.8. The number of pyridine rings is 1. The fraction of sp³-hybridized carbons (Fsp3) is 0.200. The molecule has 2 rings (SSSR count). The van der Waals surface area contributed by atoms with Gasteiger partial charge in [-0.25, -0.2) is 4.98 Å². The number of nitrogens with one attached hydrogen (secondary N) is 1. The molecular weight excluding hydrogens is 333 g/mol. The van der Waals surface area contributed by atoms with E-state index in [-0.39, 0.29) is 10.9 Å². The van der Waals surface area contributed by atoms with Crippen molar-refractivity contribution in [3.63, 3.8) is 0 Å². The van der Waals surface area contributed by atoms with Gasteiger partial charge in [0.25, 0.3) is 5.91 Å². The number of hydrogen-bond donors (Lipinski definition) is 1. The largest absolute Gasteiger partial charge is 0.481 e. The highest BCUT2D eigenvalue weighted by Gasteiger charge is 2.30. The number of aromatic nitrogens is 1. The highest BCUT2D eigenvalue weighted by Crippen LogP contribution is 2.30. The number of alkyl halides is 3. The van der Waals surface area contributed by atoms with Crippen molar-refractivity contribution in [2.75, 3.05) is 5.32 Å². The highest BCUT2D eigenvalue weighted by atomic mass is 35.5. The molecule has 0 saturated carbocycles. The number of anilines is 1. The molecule has 0 fully saturated rings. The zero-order chi connectivity index (χ0) is 17.0. The number of ether oxygens (including phenoxy) is 1. The summed E-state index contributed by atoms with van der Waals surface area (Å²) in [5, 5.41) is 2.65. The van der Waals surface area contributed by atoms with E-state index in [1.54, 1.807) is 12.1 Å². The fourth-order valence-electron chi connectivity index (χ4n) is 1.69. The van der Waals surface area contributed by atoms with Crippen LogP contribution in [0.3, 0.4) is 0 Å². The number of rotatable bonds is 4. The first kappa shape index (κ1) is 17.1. The first-order valence-corrected chi connectivity index (χ1v) is 6.90. The molecule has 8 heteroatoms. The third kappa shape index (κ3) is 4.59. The molecule has 0 bridgehead atoms. The molecule has 23 heavy (non-hydrogen) atoms. The van der Waals surface area contributed by atoms with Crippen molar-refractivity contribution in [3.05, 3.63) is 53.3 Å². The van der Waals surface area contributed by atoms with Crippen molar-refractivity contribution in [3.8, 4) is 5.75 Å². The molecule has 0 radical (unpaired) electrons. The Morgan fingerprint density at radius 1 is 1.26 bits per heavy atom. The van der Waals surface area contributed by atoms with Gasteiger partial charge in [0.2, 0.25) is 0 Å². The van der Waals surface area contributed by atoms with Crippen LogP contribution in [0.2, 0.25) is 5.15 Å². The summed E-state index contributed by atoms with van der Waals surface area (Å²) in [5.74, 6) is -0.349. The lowest BCUT2D eigenvalue weighted by molar-refractivity contribution is -0.137. The third-order valence-corrected chi connectivity index (χ3v) is 3.18. The highest BCUT2D eigenvalue weighted by molar-refractivity contribution is 6.32. The normalized spacial score (nSPS) is 12.6. The number of carbonyl (C=O) groups excluding carboxylic acids is 1. The Hall–Kier alpha value is -2.28. The Kier molecular flexibility index (Phi) is 5.10. The molecule has 0 aliphatic heterocycles. The number of amides is 1. The van der Waals surface area contributed by atoms with Crippen LogP contribution in [0.5, 0.6) is 5.75 Å². The van der Waals surface area contributed by atoms with Crippen molar-refractivity contribution in [1.29, 1.82) is 0 Å². The summed E-state index contributed by atoms with van der Waals surface area (Å²) in [4.78, 5) is 15.8. The summed E-state index contributed by atoms with van der Waals surface area (Å²) in [6, 6.07) is 7.25. The summed E-state index contributed by atoms with van der Waals surface area (Å²) in [5.41, 5.74) is -0.467. The predicted octanol–water partition coefficient (Wildman–Crippen LogP) is 4.16. The van der Waals surface area contributed by atoms with Gasteiger partial charge in [-0.3, -0.25) is 4.79 Å². The van der Waals surface area contributed by atoms with Gasteiger partial charge in [0.15, 0.2) is 11.3 Å². The standard InChI is InChI=1S/C15H12ClF3N2O2/c1-9(14(22)21-12-3-2-8-20-13(12)16)23-11-6-4-10(5-7-11)15(17,18)19/h2-9H,1H3,(H,21,22)/t9-/m1/s1. The molecule has 0 aliphatic rings. The summed E-state index contributed by atoms with van der Waals surface area (Å²) < 4.78 is 42.7. The summed E-state index contributed by atoms with van der Waals surface area (Å²) in [6.45, 7) is 1.47. The average molecular weight is 345 g/mol. The second-order valence-corrected chi connectivity index (χ2v) is 4.97. The van der Waals surface area contributed by atoms with Crippen molar-refractivity contribution in [2.24, 2.45) is 0 Å². The van der Waals surface area contributed by atoms with Crippen molar-refractivity contribution < 1.29 is 22.7 Å². The van der Waals surface area contributed by atoms with Crippen LogP contribution in [-0.4, -0.2) is 17.0 Å². The number of hydrogen-bond acceptors (Lipinski definition) is 3. The van der Waals surface area contributed by atoms with Gasteiger partial charge in [-0.2, -0.15) is 13.2 Å². The third-order valence-electron chi connectivity index (χ3n) is 2.88. The molecule has 122 valence electrons. The molecule has 0 spiro atoms. The van der Waals surface area contributed by atoms with Gasteiger partial charge < -0.3 is 10.1 Å². The van der Waals surface area contributed by atoms with E-state index in [0.717, 1.165) is 24.3 Å². The molecule has 1 aromatic carbocycles. The maximum absolute atomic E-state index is 12.5. The monoisotopic (exact) mass is 344 g/mol. The van der Waals surface area contributed by atoms with Gasteiger partial charge in [-0.05, 0) is 43.3 Å². The van der Waals surface area contributed by atoms with Crippen LogP contribution in [0.25, 0.3) is 0 Å². The molecule has 1 heterocycles. The van der Waals surface area contributed by atoms with Gasteiger partial charge >= 0.3 is 6.18 Å². The Bertz CT molecular complexity index is 690. The topological polar surface area (TPSA) is 51.2 Å². The molecule has 4 nitrogen and oxygen atoms in total. The predicted molar refractivity (Wildman–Crippen MR) is 79.4 cm³/mol. The molecule has 1 atom stereocenters. The van der Waals surface area contributed by atoms with Gasteiger partial charge in [0.1, 0.15) is 5.75 Å². The molecule has 1 aromatic heterocycles. The van der Waals surface area contributed by atoms with Crippen molar-refractivity contribution in [1.82, 2.24) is 4.98 Å². The van der Waals surface area contributed by atoms with Crippen LogP contribution in [0.1, 0.15) is 12.5 Å². The number of benzene rings is 1. The SMILES string of the molecule is C[C@@H](Oc1ccc(C(F)(F)F)cc1)C(=O)Nc1cccnc1Cl. The Morgan fingerprint density at radius 3 is 2.48 bits per heavy atom. The van der Waals surface area contributed by atoms with Crippen LogP contribution in [0.4, 0.5) is 18.9 Å². The summed E-state index contributed by atoms with van der Waals surface area (Å²) in [6.07, 6.45) is -3.87. The average Bonchev–Trinajstić information content (AvgIpc) is 2.49. The van der Waals surface area contributed by atoms with Crippen LogP contribution in [-0.2, 0) is 11.0 Å². The molecule has 0 aliphatic carbocycles. The van der Waals surface area contributed by atoms with Gasteiger partial charge in [-0.1, -0.05) is 11.6 Å². The second-order valence-electron chi connectivity index (χ2n) is 4.61. The van der Waals surface area contributed by atoms with E-state index in [9.17, 15) is 18.0 Å². The van der Waals surface area contributed by atoms with Crippen LogP contribution in [0, 0.1) is 0 Å². The van der Waals surface area contributed by atoms with Gasteiger partial charge in [-0.15, -0.1) is 0 Å². The zero-order valence-electron chi connectivity index (χ0n) is 11.9. The smallest absolute Gasteiger partial charge is 0.416 e. The number of nitrogens with zero attached hydrogens (tertiary/aromatic N) is 1. The van der Waals surface area contributed by atoms with E-state index in [0.29, 0.717) is 5.69 Å². The molecular formula is C15H12ClF3N2O2. The van der Waals surface area contributed by atoms with Gasteiger partial charge in [0.05, 0.1) is 11.3 Å². The summed E-state index contributed by atoms with van der Waals surface area (Å²) in [7, 11) is 0. The fourth-order valence-corrected chi connectivity index (χ4v) is 1.86. The van der Waals surface area contributed by atoms with E-state index < -0.39 is 23.8 Å². The quantitative estimate of drug-likeness (QED) is 0.847. The molecule has 0 unspecified atom stereocenters. The van der Waals surface area contributed by atoms with Crippen LogP contribution in [0.15, 0.2) is 42.6 Å². The Balaban J connectivity index is 2.00. The van der Waals surface area contributed by atoms with E-state index in [1.807, 2.05) is 0 Å². The minimum absolute atomic E-state index is 0.127. The molecule has 1 N–H and O–H groups in total. The lowest BCUT2D eigenvalue weighted by Crippen LogP contribution is -2.30. The minimum atomic E-state index is -4.42. The van der Waals surface area contributed by atoms with E-state index in [2.05, 4.69) is 10.3 Å². The van der Waals surface area contributed by atoms with E-state index in [4.69, 9.17) is 16.3 Å². The Labute approximate surface area is 135 Å². The zero-order valence-corrected chi connectivity index (χ0v) is 12.7. The first-order valence-electron chi connectivity index (χ1n) is 6.52. The van der Waals surface area contributed by atoms with Crippen molar-refractivity contribution in [2.45, 2.75) is 19.2 Å². The Morgan fingerprint density at radius 2 is 1.91 bits per heavy atom. The molecule has 2 aromatic rings. The summed E-state index contributed by atoms with van der Waals surface area (Å²) >= 11 is 5.82. The molecule has 1 amide bonds. The second kappa shape index (κ2) is 6.87. The minimum Gasteiger partial charge on any atom is -0.481 e. The number of halogens is 4. The van der Waals surface area contributed by atoms with Crippen molar-refractivity contribution >= 4 is 23.2 Å². The maximum atomic E-state index is 12.5. The molecule has 0 saturated heterocycles. The van der Waals surface area contributed by atoms with Crippen LogP contribution >= 0.6 is 11.6 Å². The van der Waals surface area contributed by atoms with Crippen LogP contribution < -0.4 is 10.1 Å². The maximum Gasteiger partial charge on any atom is 0.416 e. The lowest BCUT2D eigenvalue weighted by Gasteiger charge is -2.15. The van der Waals surface area contributed by atoms with E-state index >= 15 is 0 Å². The number of carbonyl (C=O) groups is 1. The van der Waals surface area contributed by atoms with Gasteiger partial charge in [0, 0.05) is 6.20 Å². The van der Waals surface area contributed by atoms with E-state index in [1.165, 1.54) is 13.1 Å². The lowest BCUT2D eigenvalue weighted by atomic mass is 10.2.